The van der Waals surface area contributed by atoms with E-state index in [2.05, 4.69) is 24.1 Å². The molecule has 1 aliphatic rings. The van der Waals surface area contributed by atoms with Gasteiger partial charge in [0.2, 0.25) is 0 Å². The molecule has 0 amide bonds. The summed E-state index contributed by atoms with van der Waals surface area (Å²) in [6, 6.07) is 0.773. The van der Waals surface area contributed by atoms with Crippen molar-refractivity contribution in [2.75, 3.05) is 6.54 Å². The van der Waals surface area contributed by atoms with Crippen molar-refractivity contribution in [2.24, 2.45) is 5.92 Å². The minimum absolute atomic E-state index is 0.727. The molecule has 1 N–H and O–H groups in total. The lowest BCUT2D eigenvalue weighted by Crippen LogP contribution is -2.19. The van der Waals surface area contributed by atoms with Crippen molar-refractivity contribution in [3.63, 3.8) is 0 Å². The predicted octanol–water partition coefficient (Wildman–Crippen LogP) is 2.56. The van der Waals surface area contributed by atoms with Crippen LogP contribution in [0.25, 0.3) is 0 Å². The lowest BCUT2D eigenvalue weighted by molar-refractivity contribution is 0.431. The average molecular weight is 222 g/mol. The van der Waals surface area contributed by atoms with Gasteiger partial charge < -0.3 is 9.73 Å². The second-order valence-electron chi connectivity index (χ2n) is 5.13. The molecule has 16 heavy (non-hydrogen) atoms. The van der Waals surface area contributed by atoms with E-state index in [1.165, 1.54) is 19.3 Å². The number of nitrogens with zero attached hydrogens (tertiary/aromatic N) is 1. The molecular weight excluding hydrogens is 200 g/mol. The van der Waals surface area contributed by atoms with E-state index in [4.69, 9.17) is 4.42 Å². The molecule has 0 bridgehead atoms. The fraction of sp³-hybridized carbons (Fsp3) is 0.769. The van der Waals surface area contributed by atoms with Crippen molar-refractivity contribution < 1.29 is 4.42 Å². The minimum Gasteiger partial charge on any atom is -0.446 e. The topological polar surface area (TPSA) is 38.1 Å². The fourth-order valence-electron chi connectivity index (χ4n) is 1.68. The van der Waals surface area contributed by atoms with Gasteiger partial charge in [0.15, 0.2) is 5.89 Å². The van der Waals surface area contributed by atoms with Gasteiger partial charge in [-0.25, -0.2) is 4.98 Å². The Bertz CT molecular complexity index is 315. The Morgan fingerprint density at radius 1 is 1.44 bits per heavy atom. The number of oxazole rings is 1. The van der Waals surface area contributed by atoms with Gasteiger partial charge in [0, 0.05) is 25.4 Å². The van der Waals surface area contributed by atoms with Gasteiger partial charge in [-0.15, -0.1) is 0 Å². The van der Waals surface area contributed by atoms with Crippen molar-refractivity contribution in [3.8, 4) is 0 Å². The molecule has 3 nitrogen and oxygen atoms in total. The third-order valence-electron chi connectivity index (χ3n) is 2.92. The summed E-state index contributed by atoms with van der Waals surface area (Å²) in [6.07, 6.45) is 7.67. The van der Waals surface area contributed by atoms with Gasteiger partial charge in [-0.2, -0.15) is 0 Å². The first-order chi connectivity index (χ1) is 7.74. The molecule has 0 saturated heterocycles. The lowest BCUT2D eigenvalue weighted by Gasteiger charge is -2.01. The lowest BCUT2D eigenvalue weighted by atomic mass is 10.1. The number of hydrogen-bond acceptors (Lipinski definition) is 3. The summed E-state index contributed by atoms with van der Waals surface area (Å²) in [5.74, 6) is 2.65. The van der Waals surface area contributed by atoms with Crippen molar-refractivity contribution in [2.45, 2.75) is 52.0 Å². The summed E-state index contributed by atoms with van der Waals surface area (Å²) in [7, 11) is 0. The largest absolute Gasteiger partial charge is 0.446 e. The van der Waals surface area contributed by atoms with E-state index in [0.717, 1.165) is 43.0 Å². The molecule has 0 spiro atoms. The summed E-state index contributed by atoms with van der Waals surface area (Å²) < 4.78 is 5.69. The molecule has 0 aliphatic heterocycles. The summed E-state index contributed by atoms with van der Waals surface area (Å²) in [4.78, 5) is 4.30. The molecule has 3 heteroatoms. The summed E-state index contributed by atoms with van der Waals surface area (Å²) >= 11 is 0. The fourth-order valence-corrected chi connectivity index (χ4v) is 1.68. The maximum Gasteiger partial charge on any atom is 0.195 e. The van der Waals surface area contributed by atoms with Crippen LogP contribution < -0.4 is 5.32 Å². The third-order valence-corrected chi connectivity index (χ3v) is 2.92. The first-order valence-electron chi connectivity index (χ1n) is 6.41. The maximum absolute atomic E-state index is 5.69. The predicted molar refractivity (Wildman–Crippen MR) is 64.4 cm³/mol. The van der Waals surface area contributed by atoms with Gasteiger partial charge in [0.05, 0.1) is 6.20 Å². The third kappa shape index (κ3) is 3.97. The average Bonchev–Trinajstić information content (AvgIpc) is 2.94. The second-order valence-corrected chi connectivity index (χ2v) is 5.13. The van der Waals surface area contributed by atoms with Crippen molar-refractivity contribution in [1.82, 2.24) is 10.3 Å². The van der Waals surface area contributed by atoms with Crippen molar-refractivity contribution in [3.05, 3.63) is 17.8 Å². The molecule has 0 atom stereocenters. The minimum atomic E-state index is 0.727. The molecule has 1 aromatic heterocycles. The Labute approximate surface area is 97.6 Å². The highest BCUT2D eigenvalue weighted by Crippen LogP contribution is 2.18. The van der Waals surface area contributed by atoms with Gasteiger partial charge in [0.1, 0.15) is 5.76 Å². The highest BCUT2D eigenvalue weighted by molar-refractivity contribution is 4.95. The Hall–Kier alpha value is -0.830. The Kier molecular flexibility index (Phi) is 3.99. The first kappa shape index (κ1) is 11.6. The van der Waals surface area contributed by atoms with Crippen LogP contribution in [-0.4, -0.2) is 17.6 Å². The molecule has 0 radical (unpaired) electrons. The van der Waals surface area contributed by atoms with E-state index in [1.54, 1.807) is 0 Å². The number of aryl methyl sites for hydroxylation is 1. The molecule has 1 saturated carbocycles. The van der Waals surface area contributed by atoms with Crippen LogP contribution in [0.2, 0.25) is 0 Å². The van der Waals surface area contributed by atoms with Crippen LogP contribution >= 0.6 is 0 Å². The van der Waals surface area contributed by atoms with E-state index >= 15 is 0 Å². The quantitative estimate of drug-likeness (QED) is 0.770. The standard InChI is InChI=1S/C13H22N2O/c1-10(2)3-6-12-9-15-13(16-12)7-8-14-11-4-5-11/h9-11,14H,3-8H2,1-2H3. The van der Waals surface area contributed by atoms with Gasteiger partial charge in [-0.1, -0.05) is 13.8 Å². The Morgan fingerprint density at radius 3 is 2.94 bits per heavy atom. The molecule has 0 unspecified atom stereocenters. The number of aromatic nitrogens is 1. The normalized spacial score (nSPS) is 15.9. The SMILES string of the molecule is CC(C)CCc1cnc(CCNC2CC2)o1. The van der Waals surface area contributed by atoms with Crippen LogP contribution in [0.4, 0.5) is 0 Å². The molecule has 1 aliphatic carbocycles. The first-order valence-corrected chi connectivity index (χ1v) is 6.41. The van der Waals surface area contributed by atoms with Crippen molar-refractivity contribution in [1.29, 1.82) is 0 Å². The zero-order valence-electron chi connectivity index (χ0n) is 10.3. The number of hydrogen-bond donors (Lipinski definition) is 1. The Balaban J connectivity index is 1.68. The van der Waals surface area contributed by atoms with E-state index in [0.29, 0.717) is 0 Å². The van der Waals surface area contributed by atoms with Crippen molar-refractivity contribution >= 4 is 0 Å². The van der Waals surface area contributed by atoms with Crippen LogP contribution in [0.15, 0.2) is 10.6 Å². The molecule has 1 fully saturated rings. The highest BCUT2D eigenvalue weighted by Gasteiger charge is 2.19. The van der Waals surface area contributed by atoms with Crippen LogP contribution in [-0.2, 0) is 12.8 Å². The van der Waals surface area contributed by atoms with E-state index < -0.39 is 0 Å². The highest BCUT2D eigenvalue weighted by atomic mass is 16.4. The molecule has 2 rings (SSSR count). The van der Waals surface area contributed by atoms with E-state index in [-0.39, 0.29) is 0 Å². The van der Waals surface area contributed by atoms with Gasteiger partial charge in [-0.05, 0) is 25.2 Å². The van der Waals surface area contributed by atoms with E-state index in [1.807, 2.05) is 6.20 Å². The molecule has 1 aromatic rings. The van der Waals surface area contributed by atoms with Crippen LogP contribution in [0.1, 0.15) is 44.8 Å². The number of rotatable bonds is 7. The zero-order valence-corrected chi connectivity index (χ0v) is 10.3. The summed E-state index contributed by atoms with van der Waals surface area (Å²) in [5.41, 5.74) is 0. The Morgan fingerprint density at radius 2 is 2.25 bits per heavy atom. The van der Waals surface area contributed by atoms with Crippen LogP contribution in [0.5, 0.6) is 0 Å². The molecule has 1 heterocycles. The van der Waals surface area contributed by atoms with Crippen LogP contribution in [0, 0.1) is 5.92 Å². The second kappa shape index (κ2) is 5.48. The molecule has 0 aromatic carbocycles. The smallest absolute Gasteiger partial charge is 0.195 e. The number of nitrogens with one attached hydrogen (secondary N) is 1. The molecule has 90 valence electrons. The van der Waals surface area contributed by atoms with Gasteiger partial charge in [0.25, 0.3) is 0 Å². The maximum atomic E-state index is 5.69. The monoisotopic (exact) mass is 222 g/mol. The van der Waals surface area contributed by atoms with E-state index in [9.17, 15) is 0 Å². The summed E-state index contributed by atoms with van der Waals surface area (Å²) in [5, 5.41) is 3.46. The summed E-state index contributed by atoms with van der Waals surface area (Å²) in [6.45, 7) is 5.46. The van der Waals surface area contributed by atoms with Gasteiger partial charge >= 0.3 is 0 Å². The van der Waals surface area contributed by atoms with Crippen LogP contribution in [0.3, 0.4) is 0 Å². The van der Waals surface area contributed by atoms with Gasteiger partial charge in [-0.3, -0.25) is 0 Å². The zero-order chi connectivity index (χ0) is 11.4. The molecular formula is C13H22N2O.